The summed E-state index contributed by atoms with van der Waals surface area (Å²) >= 11 is 0.889. The largest absolute Gasteiger partial charge is 0.495 e. The van der Waals surface area contributed by atoms with E-state index in [9.17, 15) is 18.0 Å². The highest BCUT2D eigenvalue weighted by atomic mass is 32.2. The average molecular weight is 374 g/mol. The van der Waals surface area contributed by atoms with Crippen LogP contribution in [0.25, 0.3) is 0 Å². The summed E-state index contributed by atoms with van der Waals surface area (Å²) in [7, 11) is 2.69. The number of methoxy groups -OCH3 is 1. The zero-order valence-electron chi connectivity index (χ0n) is 14.0. The molecule has 136 valence electrons. The van der Waals surface area contributed by atoms with Gasteiger partial charge in [0, 0.05) is 7.05 Å². The van der Waals surface area contributed by atoms with E-state index < -0.39 is 17.3 Å². The fourth-order valence-electron chi connectivity index (χ4n) is 2.03. The Balaban J connectivity index is 2.12. The number of carbonyl (C=O) groups excluding carboxylic acids is 1. The second-order valence-electron chi connectivity index (χ2n) is 5.32. The predicted molar refractivity (Wildman–Crippen MR) is 87.7 cm³/mol. The summed E-state index contributed by atoms with van der Waals surface area (Å²) in [6.45, 7) is 3.44. The van der Waals surface area contributed by atoms with E-state index in [4.69, 9.17) is 4.74 Å². The number of hydrogen-bond acceptors (Lipinski definition) is 5. The summed E-state index contributed by atoms with van der Waals surface area (Å²) in [6, 6.07) is 5.31. The second-order valence-corrected chi connectivity index (χ2v) is 6.62. The Morgan fingerprint density at radius 2 is 2.04 bits per heavy atom. The van der Waals surface area contributed by atoms with Gasteiger partial charge in [0.2, 0.25) is 11.7 Å². The van der Waals surface area contributed by atoms with E-state index in [0.29, 0.717) is 11.4 Å². The van der Waals surface area contributed by atoms with Crippen LogP contribution >= 0.6 is 11.8 Å². The number of nitrogens with zero attached hydrogens (tertiary/aromatic N) is 3. The summed E-state index contributed by atoms with van der Waals surface area (Å²) < 4.78 is 44.2. The standard InChI is InChI=1S/C15H17F3N4O2S/c1-8-5-6-11(24-4)10(7-8)19-12(23)9(2)25-14-21-20-13(22(14)3)15(16,17)18/h5-7,9H,1-4H3,(H,19,23)/t9-/m1/s1. The molecule has 1 aromatic carbocycles. The topological polar surface area (TPSA) is 69.0 Å². The number of aryl methyl sites for hydroxylation is 1. The van der Waals surface area contributed by atoms with Crippen molar-refractivity contribution in [2.75, 3.05) is 12.4 Å². The van der Waals surface area contributed by atoms with E-state index in [1.54, 1.807) is 19.1 Å². The first-order chi connectivity index (χ1) is 11.6. The summed E-state index contributed by atoms with van der Waals surface area (Å²) in [4.78, 5) is 12.3. The minimum Gasteiger partial charge on any atom is -0.495 e. The maximum absolute atomic E-state index is 12.7. The molecule has 0 saturated heterocycles. The molecule has 0 bridgehead atoms. The van der Waals surface area contributed by atoms with E-state index in [-0.39, 0.29) is 11.1 Å². The van der Waals surface area contributed by atoms with E-state index in [2.05, 4.69) is 15.5 Å². The third kappa shape index (κ3) is 4.44. The van der Waals surface area contributed by atoms with Crippen LogP contribution in [-0.4, -0.2) is 33.0 Å². The number of nitrogens with one attached hydrogen (secondary N) is 1. The van der Waals surface area contributed by atoms with Gasteiger partial charge in [0.15, 0.2) is 5.16 Å². The number of ether oxygens (including phenoxy) is 1. The van der Waals surface area contributed by atoms with E-state index >= 15 is 0 Å². The molecule has 1 heterocycles. The van der Waals surface area contributed by atoms with Crippen LogP contribution in [0.15, 0.2) is 23.4 Å². The molecule has 0 aliphatic carbocycles. The smallest absolute Gasteiger partial charge is 0.451 e. The molecule has 0 aliphatic heterocycles. The predicted octanol–water partition coefficient (Wildman–Crippen LogP) is 3.27. The Kier molecular flexibility index (Phi) is 5.61. The molecule has 10 heteroatoms. The molecule has 0 saturated carbocycles. The quantitative estimate of drug-likeness (QED) is 0.814. The number of rotatable bonds is 5. The molecular formula is C15H17F3N4O2S. The number of carbonyl (C=O) groups is 1. The maximum Gasteiger partial charge on any atom is 0.451 e. The van der Waals surface area contributed by atoms with Crippen LogP contribution in [0.2, 0.25) is 0 Å². The van der Waals surface area contributed by atoms with E-state index in [1.165, 1.54) is 14.2 Å². The molecule has 0 radical (unpaired) electrons. The van der Waals surface area contributed by atoms with Gasteiger partial charge >= 0.3 is 6.18 Å². The van der Waals surface area contributed by atoms with Crippen molar-refractivity contribution in [2.24, 2.45) is 7.05 Å². The average Bonchev–Trinajstić information content (AvgIpc) is 2.88. The number of benzene rings is 1. The van der Waals surface area contributed by atoms with Crippen LogP contribution in [0.1, 0.15) is 18.3 Å². The van der Waals surface area contributed by atoms with Gasteiger partial charge < -0.3 is 14.6 Å². The van der Waals surface area contributed by atoms with Gasteiger partial charge in [-0.15, -0.1) is 10.2 Å². The van der Waals surface area contributed by atoms with Gasteiger partial charge in [-0.3, -0.25) is 4.79 Å². The van der Waals surface area contributed by atoms with Crippen molar-refractivity contribution in [3.63, 3.8) is 0 Å². The summed E-state index contributed by atoms with van der Waals surface area (Å²) in [6.07, 6.45) is -4.60. The third-order valence-electron chi connectivity index (χ3n) is 3.35. The first kappa shape index (κ1) is 19.1. The molecule has 25 heavy (non-hydrogen) atoms. The normalized spacial score (nSPS) is 12.8. The van der Waals surface area contributed by atoms with Crippen LogP contribution in [-0.2, 0) is 18.0 Å². The van der Waals surface area contributed by atoms with Crippen LogP contribution in [0.3, 0.4) is 0 Å². The Hall–Kier alpha value is -2.23. The van der Waals surface area contributed by atoms with Crippen molar-refractivity contribution >= 4 is 23.4 Å². The van der Waals surface area contributed by atoms with Gasteiger partial charge in [-0.25, -0.2) is 0 Å². The van der Waals surface area contributed by atoms with Crippen molar-refractivity contribution in [1.82, 2.24) is 14.8 Å². The highest BCUT2D eigenvalue weighted by molar-refractivity contribution is 8.00. The second kappa shape index (κ2) is 7.34. The Labute approximate surface area is 146 Å². The highest BCUT2D eigenvalue weighted by Crippen LogP contribution is 2.31. The number of anilines is 1. The van der Waals surface area contributed by atoms with Crippen molar-refractivity contribution in [2.45, 2.75) is 30.4 Å². The maximum atomic E-state index is 12.7. The number of alkyl halides is 3. The molecule has 1 amide bonds. The Bertz CT molecular complexity index is 777. The number of aromatic nitrogens is 3. The molecule has 1 N–H and O–H groups in total. The molecule has 0 fully saturated rings. The number of hydrogen-bond donors (Lipinski definition) is 1. The molecule has 0 spiro atoms. The van der Waals surface area contributed by atoms with Gasteiger partial charge in [-0.2, -0.15) is 13.2 Å². The molecular weight excluding hydrogens is 357 g/mol. The highest BCUT2D eigenvalue weighted by Gasteiger charge is 2.37. The zero-order chi connectivity index (χ0) is 18.8. The molecule has 2 aromatic rings. The number of halogens is 3. The van der Waals surface area contributed by atoms with Crippen LogP contribution < -0.4 is 10.1 Å². The first-order valence-corrected chi connectivity index (χ1v) is 8.10. The minimum absolute atomic E-state index is 0.00572. The van der Waals surface area contributed by atoms with Crippen molar-refractivity contribution in [3.8, 4) is 5.75 Å². The van der Waals surface area contributed by atoms with E-state index in [0.717, 1.165) is 21.9 Å². The van der Waals surface area contributed by atoms with Crippen molar-refractivity contribution in [3.05, 3.63) is 29.6 Å². The molecule has 0 unspecified atom stereocenters. The lowest BCUT2D eigenvalue weighted by Gasteiger charge is -2.14. The number of thioether (sulfide) groups is 1. The van der Waals surface area contributed by atoms with Gasteiger partial charge in [0.25, 0.3) is 0 Å². The molecule has 1 atom stereocenters. The lowest BCUT2D eigenvalue weighted by atomic mass is 10.2. The Morgan fingerprint density at radius 1 is 1.36 bits per heavy atom. The van der Waals surface area contributed by atoms with Crippen LogP contribution in [0, 0.1) is 6.92 Å². The molecule has 1 aromatic heterocycles. The lowest BCUT2D eigenvalue weighted by Crippen LogP contribution is -2.23. The zero-order valence-corrected chi connectivity index (χ0v) is 14.8. The van der Waals surface area contributed by atoms with E-state index in [1.807, 2.05) is 13.0 Å². The fraction of sp³-hybridized carbons (Fsp3) is 0.400. The first-order valence-electron chi connectivity index (χ1n) is 7.22. The summed E-state index contributed by atoms with van der Waals surface area (Å²) in [5.74, 6) is -0.998. The summed E-state index contributed by atoms with van der Waals surface area (Å²) in [5, 5.41) is 8.68. The van der Waals surface area contributed by atoms with Gasteiger partial charge in [0.1, 0.15) is 5.75 Å². The van der Waals surface area contributed by atoms with Gasteiger partial charge in [-0.05, 0) is 31.5 Å². The summed E-state index contributed by atoms with van der Waals surface area (Å²) in [5.41, 5.74) is 1.42. The molecule has 0 aliphatic rings. The molecule has 2 rings (SSSR count). The van der Waals surface area contributed by atoms with Crippen LogP contribution in [0.5, 0.6) is 5.75 Å². The van der Waals surface area contributed by atoms with Crippen molar-refractivity contribution in [1.29, 1.82) is 0 Å². The monoisotopic (exact) mass is 374 g/mol. The minimum atomic E-state index is -4.60. The SMILES string of the molecule is COc1ccc(C)cc1NC(=O)[C@@H](C)Sc1nnc(C(F)(F)F)n1C. The van der Waals surface area contributed by atoms with Gasteiger partial charge in [-0.1, -0.05) is 17.8 Å². The number of amides is 1. The van der Waals surface area contributed by atoms with Gasteiger partial charge in [0.05, 0.1) is 18.0 Å². The fourth-order valence-corrected chi connectivity index (χ4v) is 2.84. The van der Waals surface area contributed by atoms with Crippen molar-refractivity contribution < 1.29 is 22.7 Å². The third-order valence-corrected chi connectivity index (χ3v) is 4.49. The molecule has 6 nitrogen and oxygen atoms in total. The Morgan fingerprint density at radius 3 is 2.60 bits per heavy atom. The lowest BCUT2D eigenvalue weighted by molar-refractivity contribution is -0.147. The van der Waals surface area contributed by atoms with Crippen LogP contribution in [0.4, 0.5) is 18.9 Å².